The normalized spacial score (nSPS) is 18.5. The first-order valence-electron chi connectivity index (χ1n) is 6.47. The molecule has 1 heterocycles. The highest BCUT2D eigenvalue weighted by molar-refractivity contribution is 7.89. The second-order valence-electron chi connectivity index (χ2n) is 4.81. The monoisotopic (exact) mass is 314 g/mol. The van der Waals surface area contributed by atoms with Gasteiger partial charge in [-0.3, -0.25) is 4.79 Å². The van der Waals surface area contributed by atoms with Crippen molar-refractivity contribution in [1.82, 2.24) is 5.32 Å². The van der Waals surface area contributed by atoms with Gasteiger partial charge < -0.3 is 14.8 Å². The minimum absolute atomic E-state index is 0.0963. The van der Waals surface area contributed by atoms with E-state index in [2.05, 4.69) is 5.32 Å². The van der Waals surface area contributed by atoms with Gasteiger partial charge >= 0.3 is 0 Å². The van der Waals surface area contributed by atoms with E-state index < -0.39 is 10.0 Å². The third-order valence-corrected chi connectivity index (χ3v) is 4.23. The van der Waals surface area contributed by atoms with Crippen LogP contribution < -0.4 is 15.2 Å². The lowest BCUT2D eigenvalue weighted by Gasteiger charge is -2.11. The van der Waals surface area contributed by atoms with Crippen LogP contribution >= 0.6 is 0 Å². The largest absolute Gasteiger partial charge is 0.495 e. The zero-order chi connectivity index (χ0) is 15.5. The van der Waals surface area contributed by atoms with Crippen LogP contribution in [0.2, 0.25) is 0 Å². The first-order chi connectivity index (χ1) is 9.91. The minimum atomic E-state index is -3.88. The van der Waals surface area contributed by atoms with Gasteiger partial charge in [0, 0.05) is 13.2 Å². The third-order valence-electron chi connectivity index (χ3n) is 3.30. The molecule has 1 aliphatic heterocycles. The Morgan fingerprint density at radius 3 is 2.86 bits per heavy atom. The average molecular weight is 314 g/mol. The number of benzene rings is 1. The van der Waals surface area contributed by atoms with Crippen LogP contribution in [0.5, 0.6) is 5.75 Å². The molecule has 7 nitrogen and oxygen atoms in total. The number of nitrogens with one attached hydrogen (secondary N) is 1. The second-order valence-corrected chi connectivity index (χ2v) is 6.34. The van der Waals surface area contributed by atoms with Crippen molar-refractivity contribution in [2.45, 2.75) is 17.9 Å². The highest BCUT2D eigenvalue weighted by Crippen LogP contribution is 2.23. The fraction of sp³-hybridized carbons (Fsp3) is 0.462. The maximum absolute atomic E-state index is 11.9. The molecular formula is C13H18N2O5S. The van der Waals surface area contributed by atoms with E-state index in [1.165, 1.54) is 19.2 Å². The van der Waals surface area contributed by atoms with Crippen LogP contribution in [0.3, 0.4) is 0 Å². The number of sulfonamides is 1. The van der Waals surface area contributed by atoms with Crippen LogP contribution in [0, 0.1) is 5.92 Å². The van der Waals surface area contributed by atoms with Gasteiger partial charge in [0.25, 0.3) is 0 Å². The number of primary sulfonamides is 1. The van der Waals surface area contributed by atoms with Crippen molar-refractivity contribution in [2.75, 3.05) is 20.3 Å². The molecular weight excluding hydrogens is 296 g/mol. The van der Waals surface area contributed by atoms with Gasteiger partial charge in [0.1, 0.15) is 10.6 Å². The summed E-state index contributed by atoms with van der Waals surface area (Å²) in [5.41, 5.74) is 0.632. The third kappa shape index (κ3) is 3.93. The summed E-state index contributed by atoms with van der Waals surface area (Å²) in [6.45, 7) is 1.24. The Hall–Kier alpha value is -1.64. The van der Waals surface area contributed by atoms with Crippen molar-refractivity contribution in [3.05, 3.63) is 23.8 Å². The van der Waals surface area contributed by atoms with Crippen LogP contribution in [0.1, 0.15) is 12.0 Å². The molecule has 1 aliphatic rings. The minimum Gasteiger partial charge on any atom is -0.495 e. The summed E-state index contributed by atoms with van der Waals surface area (Å²) in [6, 6.07) is 4.60. The van der Waals surface area contributed by atoms with E-state index in [9.17, 15) is 13.2 Å². The summed E-state index contributed by atoms with van der Waals surface area (Å²) in [5.74, 6) is -0.0572. The van der Waals surface area contributed by atoms with Crippen LogP contribution in [-0.4, -0.2) is 34.6 Å². The van der Waals surface area contributed by atoms with Crippen molar-refractivity contribution >= 4 is 15.9 Å². The van der Waals surface area contributed by atoms with Gasteiger partial charge in [-0.05, 0) is 24.1 Å². The summed E-state index contributed by atoms with van der Waals surface area (Å²) < 4.78 is 33.1. The van der Waals surface area contributed by atoms with Crippen LogP contribution in [0.25, 0.3) is 0 Å². The van der Waals surface area contributed by atoms with E-state index in [0.717, 1.165) is 0 Å². The van der Waals surface area contributed by atoms with Gasteiger partial charge in [-0.2, -0.15) is 0 Å². The molecule has 1 unspecified atom stereocenters. The molecule has 1 fully saturated rings. The summed E-state index contributed by atoms with van der Waals surface area (Å²) in [4.78, 5) is 11.8. The van der Waals surface area contributed by atoms with Crippen molar-refractivity contribution in [1.29, 1.82) is 0 Å². The molecule has 1 amide bonds. The van der Waals surface area contributed by atoms with E-state index in [0.29, 0.717) is 25.2 Å². The van der Waals surface area contributed by atoms with Crippen LogP contribution in [0.15, 0.2) is 23.1 Å². The van der Waals surface area contributed by atoms with E-state index in [4.69, 9.17) is 14.6 Å². The maximum Gasteiger partial charge on any atom is 0.241 e. The molecule has 1 aromatic carbocycles. The predicted octanol–water partition coefficient (Wildman–Crippen LogP) is -0.00470. The fourth-order valence-electron chi connectivity index (χ4n) is 2.13. The Bertz CT molecular complexity index is 623. The summed E-state index contributed by atoms with van der Waals surface area (Å²) in [6.07, 6.45) is 0.705. The van der Waals surface area contributed by atoms with Gasteiger partial charge in [0.2, 0.25) is 15.9 Å². The van der Waals surface area contributed by atoms with Gasteiger partial charge in [0.05, 0.1) is 19.6 Å². The first-order valence-corrected chi connectivity index (χ1v) is 8.01. The van der Waals surface area contributed by atoms with E-state index in [-0.39, 0.29) is 29.0 Å². The highest BCUT2D eigenvalue weighted by atomic mass is 32.2. The number of nitrogens with two attached hydrogens (primary N) is 1. The molecule has 0 bridgehead atoms. The maximum atomic E-state index is 11.9. The molecule has 116 valence electrons. The van der Waals surface area contributed by atoms with E-state index in [1.807, 2.05) is 0 Å². The summed E-state index contributed by atoms with van der Waals surface area (Å²) >= 11 is 0. The molecule has 2 rings (SSSR count). The average Bonchev–Trinajstić information content (AvgIpc) is 2.97. The number of hydrogen-bond acceptors (Lipinski definition) is 5. The number of ether oxygens (including phenoxy) is 2. The summed E-state index contributed by atoms with van der Waals surface area (Å²) in [5, 5.41) is 7.91. The van der Waals surface area contributed by atoms with Gasteiger partial charge in [-0.1, -0.05) is 6.07 Å². The van der Waals surface area contributed by atoms with Gasteiger partial charge in [-0.15, -0.1) is 0 Å². The Labute approximate surface area is 123 Å². The van der Waals surface area contributed by atoms with E-state index >= 15 is 0 Å². The van der Waals surface area contributed by atoms with Crippen molar-refractivity contribution in [3.8, 4) is 5.75 Å². The Balaban J connectivity index is 2.08. The number of hydrogen-bond donors (Lipinski definition) is 2. The number of carbonyl (C=O) groups is 1. The molecule has 3 N–H and O–H groups in total. The molecule has 1 saturated heterocycles. The molecule has 0 saturated carbocycles. The SMILES string of the molecule is COc1ccc(CNC(=O)C2CCOC2)cc1S(N)(=O)=O. The van der Waals surface area contributed by atoms with Crippen LogP contribution in [-0.2, 0) is 26.1 Å². The topological polar surface area (TPSA) is 108 Å². The molecule has 8 heteroatoms. The molecule has 0 aliphatic carbocycles. The smallest absolute Gasteiger partial charge is 0.241 e. The molecule has 21 heavy (non-hydrogen) atoms. The Kier molecular flexibility index (Phi) is 4.81. The molecule has 0 spiro atoms. The molecule has 0 radical (unpaired) electrons. The number of methoxy groups -OCH3 is 1. The number of amides is 1. The van der Waals surface area contributed by atoms with Crippen molar-refractivity contribution in [3.63, 3.8) is 0 Å². The lowest BCUT2D eigenvalue weighted by atomic mass is 10.1. The molecule has 0 aromatic heterocycles. The zero-order valence-electron chi connectivity index (χ0n) is 11.7. The van der Waals surface area contributed by atoms with Crippen molar-refractivity contribution in [2.24, 2.45) is 11.1 Å². The van der Waals surface area contributed by atoms with Gasteiger partial charge in [-0.25, -0.2) is 13.6 Å². The van der Waals surface area contributed by atoms with Crippen molar-refractivity contribution < 1.29 is 22.7 Å². The second kappa shape index (κ2) is 6.42. The lowest BCUT2D eigenvalue weighted by molar-refractivity contribution is -0.125. The van der Waals surface area contributed by atoms with E-state index in [1.54, 1.807) is 6.07 Å². The Morgan fingerprint density at radius 1 is 1.52 bits per heavy atom. The summed E-state index contributed by atoms with van der Waals surface area (Å²) in [7, 11) is -2.51. The lowest BCUT2D eigenvalue weighted by Crippen LogP contribution is -2.30. The van der Waals surface area contributed by atoms with Gasteiger partial charge in [0.15, 0.2) is 0 Å². The van der Waals surface area contributed by atoms with Crippen LogP contribution in [0.4, 0.5) is 0 Å². The number of rotatable bonds is 5. The molecule has 1 atom stereocenters. The standard InChI is InChI=1S/C13H18N2O5S/c1-19-11-3-2-9(6-12(11)21(14,17)18)7-15-13(16)10-4-5-20-8-10/h2-3,6,10H,4-5,7-8H2,1H3,(H,15,16)(H2,14,17,18). The quantitative estimate of drug-likeness (QED) is 0.795. The first kappa shape index (κ1) is 15.7. The molecule has 1 aromatic rings. The number of carbonyl (C=O) groups excluding carboxylic acids is 1. The Morgan fingerprint density at radius 2 is 2.29 bits per heavy atom. The predicted molar refractivity (Wildman–Crippen MR) is 75.1 cm³/mol. The fourth-order valence-corrected chi connectivity index (χ4v) is 2.88. The zero-order valence-corrected chi connectivity index (χ0v) is 12.5. The highest BCUT2D eigenvalue weighted by Gasteiger charge is 2.23.